The predicted molar refractivity (Wildman–Crippen MR) is 93.5 cm³/mol. The monoisotopic (exact) mass is 344 g/mol. The molecule has 6 nitrogen and oxygen atoms in total. The summed E-state index contributed by atoms with van der Waals surface area (Å²) in [5.74, 6) is -0.305. The standard InChI is InChI=1S/C17H17ClN4O2/c18-14-3-1-2-4-15(14)20-17(24)16-6-5-13(11-19-16)22-9-7-21(12-23)8-10-22/h1-6,11-12H,7-10H2,(H,20,24). The van der Waals surface area contributed by atoms with Crippen LogP contribution in [0.3, 0.4) is 0 Å². The van der Waals surface area contributed by atoms with Gasteiger partial charge < -0.3 is 15.1 Å². The molecule has 1 N–H and O–H groups in total. The topological polar surface area (TPSA) is 65.5 Å². The van der Waals surface area contributed by atoms with Crippen LogP contribution in [-0.2, 0) is 4.79 Å². The molecule has 0 spiro atoms. The van der Waals surface area contributed by atoms with Gasteiger partial charge in [0.2, 0.25) is 6.41 Å². The molecule has 0 aliphatic carbocycles. The average Bonchev–Trinajstić information content (AvgIpc) is 2.64. The number of pyridine rings is 1. The number of piperazine rings is 1. The number of carbonyl (C=O) groups is 2. The number of nitrogens with zero attached hydrogens (tertiary/aromatic N) is 3. The minimum absolute atomic E-state index is 0.305. The zero-order valence-corrected chi connectivity index (χ0v) is 13.7. The number of rotatable bonds is 4. The molecular formula is C17H17ClN4O2. The quantitative estimate of drug-likeness (QED) is 0.864. The Bertz CT molecular complexity index is 728. The molecule has 0 unspecified atom stereocenters. The lowest BCUT2D eigenvalue weighted by molar-refractivity contribution is -0.118. The molecule has 124 valence electrons. The second-order valence-electron chi connectivity index (χ2n) is 5.46. The maximum Gasteiger partial charge on any atom is 0.274 e. The Balaban J connectivity index is 1.65. The van der Waals surface area contributed by atoms with Gasteiger partial charge in [-0.3, -0.25) is 9.59 Å². The van der Waals surface area contributed by atoms with Crippen molar-refractivity contribution in [1.82, 2.24) is 9.88 Å². The fourth-order valence-corrected chi connectivity index (χ4v) is 2.72. The summed E-state index contributed by atoms with van der Waals surface area (Å²) in [6.45, 7) is 2.90. The third kappa shape index (κ3) is 3.65. The molecule has 7 heteroatoms. The molecule has 1 aromatic heterocycles. The van der Waals surface area contributed by atoms with Crippen LogP contribution in [0.2, 0.25) is 5.02 Å². The van der Waals surface area contributed by atoms with Gasteiger partial charge in [-0.25, -0.2) is 4.98 Å². The van der Waals surface area contributed by atoms with E-state index in [1.807, 2.05) is 6.07 Å². The smallest absolute Gasteiger partial charge is 0.274 e. The summed E-state index contributed by atoms with van der Waals surface area (Å²) >= 11 is 6.04. The van der Waals surface area contributed by atoms with Gasteiger partial charge in [-0.05, 0) is 24.3 Å². The molecule has 0 radical (unpaired) electrons. The Morgan fingerprint density at radius 1 is 1.12 bits per heavy atom. The molecular weight excluding hydrogens is 328 g/mol. The van der Waals surface area contributed by atoms with Gasteiger partial charge in [0, 0.05) is 26.2 Å². The van der Waals surface area contributed by atoms with Crippen molar-refractivity contribution in [2.45, 2.75) is 0 Å². The lowest BCUT2D eigenvalue weighted by atomic mass is 10.2. The van der Waals surface area contributed by atoms with E-state index in [0.717, 1.165) is 25.2 Å². The normalized spacial score (nSPS) is 14.4. The van der Waals surface area contributed by atoms with E-state index in [4.69, 9.17) is 11.6 Å². The number of hydrogen-bond acceptors (Lipinski definition) is 4. The molecule has 2 amide bonds. The van der Waals surface area contributed by atoms with Gasteiger partial charge in [0.05, 0.1) is 22.6 Å². The van der Waals surface area contributed by atoms with E-state index in [2.05, 4.69) is 15.2 Å². The first-order valence-corrected chi connectivity index (χ1v) is 8.01. The van der Waals surface area contributed by atoms with Crippen molar-refractivity contribution >= 4 is 35.3 Å². The number of aromatic nitrogens is 1. The van der Waals surface area contributed by atoms with Crippen LogP contribution >= 0.6 is 11.6 Å². The van der Waals surface area contributed by atoms with Crippen LogP contribution < -0.4 is 10.2 Å². The molecule has 0 bridgehead atoms. The number of anilines is 2. The lowest BCUT2D eigenvalue weighted by Gasteiger charge is -2.33. The van der Waals surface area contributed by atoms with Gasteiger partial charge in [0.1, 0.15) is 5.69 Å². The summed E-state index contributed by atoms with van der Waals surface area (Å²) in [5, 5.41) is 3.23. The zero-order chi connectivity index (χ0) is 16.9. The highest BCUT2D eigenvalue weighted by atomic mass is 35.5. The third-order valence-electron chi connectivity index (χ3n) is 3.93. The van der Waals surface area contributed by atoms with Crippen molar-refractivity contribution in [3.05, 3.63) is 53.3 Å². The molecule has 1 aromatic carbocycles. The molecule has 1 aliphatic heterocycles. The number of amides is 2. The Labute approximate surface area is 145 Å². The van der Waals surface area contributed by atoms with Gasteiger partial charge in [-0.2, -0.15) is 0 Å². The number of para-hydroxylation sites is 1. The minimum atomic E-state index is -0.305. The van der Waals surface area contributed by atoms with Gasteiger partial charge in [-0.1, -0.05) is 23.7 Å². The maximum atomic E-state index is 12.2. The van der Waals surface area contributed by atoms with E-state index >= 15 is 0 Å². The van der Waals surface area contributed by atoms with E-state index < -0.39 is 0 Å². The average molecular weight is 345 g/mol. The predicted octanol–water partition coefficient (Wildman–Crippen LogP) is 2.27. The number of halogens is 1. The van der Waals surface area contributed by atoms with E-state index in [0.29, 0.717) is 29.5 Å². The van der Waals surface area contributed by atoms with E-state index in [9.17, 15) is 9.59 Å². The first kappa shape index (κ1) is 16.3. The number of nitrogens with one attached hydrogen (secondary N) is 1. The van der Waals surface area contributed by atoms with Crippen molar-refractivity contribution in [2.24, 2.45) is 0 Å². The number of benzene rings is 1. The Morgan fingerprint density at radius 3 is 2.50 bits per heavy atom. The van der Waals surface area contributed by atoms with Gasteiger partial charge >= 0.3 is 0 Å². The second-order valence-corrected chi connectivity index (χ2v) is 5.87. The highest BCUT2D eigenvalue weighted by Gasteiger charge is 2.17. The second kappa shape index (κ2) is 7.31. The molecule has 1 saturated heterocycles. The molecule has 0 atom stereocenters. The summed E-state index contributed by atoms with van der Waals surface area (Å²) in [7, 11) is 0. The van der Waals surface area contributed by atoms with E-state index in [1.165, 1.54) is 0 Å². The maximum absolute atomic E-state index is 12.2. The Hall–Kier alpha value is -2.60. The summed E-state index contributed by atoms with van der Waals surface area (Å²) in [6, 6.07) is 10.6. The van der Waals surface area contributed by atoms with Crippen molar-refractivity contribution in [3.63, 3.8) is 0 Å². The third-order valence-corrected chi connectivity index (χ3v) is 4.26. The van der Waals surface area contributed by atoms with Gasteiger partial charge in [-0.15, -0.1) is 0 Å². The summed E-state index contributed by atoms with van der Waals surface area (Å²) < 4.78 is 0. The first-order chi connectivity index (χ1) is 11.7. The van der Waals surface area contributed by atoms with Crippen molar-refractivity contribution < 1.29 is 9.59 Å². The van der Waals surface area contributed by atoms with Crippen LogP contribution in [0.4, 0.5) is 11.4 Å². The SMILES string of the molecule is O=CN1CCN(c2ccc(C(=O)Nc3ccccc3Cl)nc2)CC1. The van der Waals surface area contributed by atoms with Gasteiger partial charge in [0.25, 0.3) is 5.91 Å². The number of hydrogen-bond donors (Lipinski definition) is 1. The molecule has 3 rings (SSSR count). The largest absolute Gasteiger partial charge is 0.367 e. The lowest BCUT2D eigenvalue weighted by Crippen LogP contribution is -2.45. The minimum Gasteiger partial charge on any atom is -0.367 e. The molecule has 2 aromatic rings. The highest BCUT2D eigenvalue weighted by molar-refractivity contribution is 6.33. The first-order valence-electron chi connectivity index (χ1n) is 7.63. The van der Waals surface area contributed by atoms with E-state index in [1.54, 1.807) is 41.4 Å². The Morgan fingerprint density at radius 2 is 1.88 bits per heavy atom. The fraction of sp³-hybridized carbons (Fsp3) is 0.235. The highest BCUT2D eigenvalue weighted by Crippen LogP contribution is 2.21. The van der Waals surface area contributed by atoms with E-state index in [-0.39, 0.29) is 5.91 Å². The van der Waals surface area contributed by atoms with Crippen LogP contribution in [0, 0.1) is 0 Å². The molecule has 24 heavy (non-hydrogen) atoms. The molecule has 0 saturated carbocycles. The molecule has 1 fully saturated rings. The molecule has 1 aliphatic rings. The van der Waals surface area contributed by atoms with Crippen molar-refractivity contribution in [2.75, 3.05) is 36.4 Å². The van der Waals surface area contributed by atoms with Crippen LogP contribution in [0.5, 0.6) is 0 Å². The Kier molecular flexibility index (Phi) is 4.96. The molecule has 2 heterocycles. The zero-order valence-electron chi connectivity index (χ0n) is 13.0. The van der Waals surface area contributed by atoms with Crippen LogP contribution in [-0.4, -0.2) is 48.4 Å². The summed E-state index contributed by atoms with van der Waals surface area (Å²) in [5.41, 5.74) is 1.82. The van der Waals surface area contributed by atoms with Crippen LogP contribution in [0.25, 0.3) is 0 Å². The van der Waals surface area contributed by atoms with Crippen LogP contribution in [0.1, 0.15) is 10.5 Å². The fourth-order valence-electron chi connectivity index (χ4n) is 2.54. The summed E-state index contributed by atoms with van der Waals surface area (Å²) in [6.07, 6.45) is 2.55. The van der Waals surface area contributed by atoms with Crippen molar-refractivity contribution in [3.8, 4) is 0 Å². The van der Waals surface area contributed by atoms with Gasteiger partial charge in [0.15, 0.2) is 0 Å². The van der Waals surface area contributed by atoms with Crippen molar-refractivity contribution in [1.29, 1.82) is 0 Å². The summed E-state index contributed by atoms with van der Waals surface area (Å²) in [4.78, 5) is 31.1. The number of carbonyl (C=O) groups excluding carboxylic acids is 2. The van der Waals surface area contributed by atoms with Crippen LogP contribution in [0.15, 0.2) is 42.6 Å².